The van der Waals surface area contributed by atoms with Gasteiger partial charge in [-0.1, -0.05) is 19.3 Å². The van der Waals surface area contributed by atoms with Crippen molar-refractivity contribution in [3.05, 3.63) is 24.0 Å². The first-order valence-electron chi connectivity index (χ1n) is 5.64. The summed E-state index contributed by atoms with van der Waals surface area (Å²) in [6.07, 6.45) is 5.46. The third-order valence-electron chi connectivity index (χ3n) is 3.06. The first-order valence-corrected chi connectivity index (χ1v) is 6.85. The van der Waals surface area contributed by atoms with Crippen LogP contribution < -0.4 is 5.73 Å². The molecule has 0 aliphatic heterocycles. The minimum Gasteiger partial charge on any atom is -0.396 e. The van der Waals surface area contributed by atoms with Gasteiger partial charge in [0.25, 0.3) is 0 Å². The van der Waals surface area contributed by atoms with Crippen LogP contribution in [0.5, 0.6) is 0 Å². The molecule has 88 valence electrons. The number of nitrogen functional groups attached to an aromatic ring is 1. The van der Waals surface area contributed by atoms with Crippen molar-refractivity contribution in [2.45, 2.75) is 42.2 Å². The predicted octanol–water partition coefficient (Wildman–Crippen LogP) is 2.85. The standard InChI is InChI=1S/C12H16FNOS/c13-11-8-10(6-7-12(11)14)16(15)9-4-2-1-3-5-9/h6-9H,1-5,14H2. The molecule has 1 saturated carbocycles. The molecule has 4 heteroatoms. The van der Waals surface area contributed by atoms with Crippen molar-refractivity contribution in [3.8, 4) is 0 Å². The van der Waals surface area contributed by atoms with Gasteiger partial charge < -0.3 is 5.73 Å². The summed E-state index contributed by atoms with van der Waals surface area (Å²) < 4.78 is 25.4. The van der Waals surface area contributed by atoms with Crippen LogP contribution in [-0.4, -0.2) is 9.46 Å². The van der Waals surface area contributed by atoms with E-state index in [-0.39, 0.29) is 10.9 Å². The average molecular weight is 241 g/mol. The molecule has 16 heavy (non-hydrogen) atoms. The SMILES string of the molecule is Nc1ccc(S(=O)C2CCCCC2)cc1F. The molecule has 1 aliphatic carbocycles. The van der Waals surface area contributed by atoms with Crippen LogP contribution in [0.3, 0.4) is 0 Å². The van der Waals surface area contributed by atoms with Crippen molar-refractivity contribution in [3.63, 3.8) is 0 Å². The fourth-order valence-electron chi connectivity index (χ4n) is 2.10. The Hall–Kier alpha value is -0.900. The van der Waals surface area contributed by atoms with Crippen LogP contribution in [0, 0.1) is 5.82 Å². The summed E-state index contributed by atoms with van der Waals surface area (Å²) in [5, 5.41) is 0.191. The van der Waals surface area contributed by atoms with Gasteiger partial charge in [0.2, 0.25) is 0 Å². The molecular weight excluding hydrogens is 225 g/mol. The zero-order valence-corrected chi connectivity index (χ0v) is 9.93. The lowest BCUT2D eigenvalue weighted by atomic mass is 10.0. The number of anilines is 1. The van der Waals surface area contributed by atoms with Gasteiger partial charge in [-0.2, -0.15) is 0 Å². The Kier molecular flexibility index (Phi) is 3.59. The minimum atomic E-state index is -1.08. The van der Waals surface area contributed by atoms with Crippen LogP contribution in [0.25, 0.3) is 0 Å². The maximum atomic E-state index is 13.2. The van der Waals surface area contributed by atoms with Crippen LogP contribution in [0.1, 0.15) is 32.1 Å². The van der Waals surface area contributed by atoms with Crippen LogP contribution in [0.2, 0.25) is 0 Å². The summed E-state index contributed by atoms with van der Waals surface area (Å²) in [5.41, 5.74) is 5.51. The third-order valence-corrected chi connectivity index (χ3v) is 4.85. The van der Waals surface area contributed by atoms with E-state index in [1.165, 1.54) is 18.6 Å². The lowest BCUT2D eigenvalue weighted by Gasteiger charge is -2.20. The van der Waals surface area contributed by atoms with Gasteiger partial charge in [-0.15, -0.1) is 0 Å². The molecule has 0 saturated heterocycles. The van der Waals surface area contributed by atoms with Gasteiger partial charge in [0.15, 0.2) is 0 Å². The highest BCUT2D eigenvalue weighted by Crippen LogP contribution is 2.26. The third kappa shape index (κ3) is 2.43. The van der Waals surface area contributed by atoms with Crippen molar-refractivity contribution >= 4 is 16.5 Å². The van der Waals surface area contributed by atoms with Crippen molar-refractivity contribution in [2.75, 3.05) is 5.73 Å². The van der Waals surface area contributed by atoms with Gasteiger partial charge in [0.05, 0.1) is 16.5 Å². The van der Waals surface area contributed by atoms with Gasteiger partial charge in [-0.05, 0) is 31.0 Å². The lowest BCUT2D eigenvalue weighted by molar-refractivity contribution is 0.504. The van der Waals surface area contributed by atoms with Crippen LogP contribution in [0.4, 0.5) is 10.1 Å². The molecule has 0 spiro atoms. The Balaban J connectivity index is 2.16. The Morgan fingerprint density at radius 2 is 1.94 bits per heavy atom. The highest BCUT2D eigenvalue weighted by molar-refractivity contribution is 7.85. The minimum absolute atomic E-state index is 0.115. The quantitative estimate of drug-likeness (QED) is 0.809. The number of rotatable bonds is 2. The van der Waals surface area contributed by atoms with E-state index in [0.717, 1.165) is 25.7 Å². The van der Waals surface area contributed by atoms with E-state index in [2.05, 4.69) is 0 Å². The molecule has 1 aliphatic rings. The number of benzene rings is 1. The second kappa shape index (κ2) is 4.95. The Morgan fingerprint density at radius 3 is 2.56 bits per heavy atom. The van der Waals surface area contributed by atoms with E-state index in [1.54, 1.807) is 6.07 Å². The molecule has 0 bridgehead atoms. The van der Waals surface area contributed by atoms with Gasteiger partial charge in [-0.25, -0.2) is 4.39 Å². The van der Waals surface area contributed by atoms with E-state index in [9.17, 15) is 8.60 Å². The lowest BCUT2D eigenvalue weighted by Crippen LogP contribution is -2.18. The Labute approximate surface area is 97.5 Å². The summed E-state index contributed by atoms with van der Waals surface area (Å²) in [5.74, 6) is -0.471. The molecule has 0 heterocycles. The topological polar surface area (TPSA) is 43.1 Å². The molecule has 2 nitrogen and oxygen atoms in total. The number of halogens is 1. The first kappa shape index (κ1) is 11.6. The molecule has 1 unspecified atom stereocenters. The van der Waals surface area contributed by atoms with Gasteiger partial charge in [-0.3, -0.25) is 4.21 Å². The van der Waals surface area contributed by atoms with Gasteiger partial charge in [0.1, 0.15) is 5.82 Å². The van der Waals surface area contributed by atoms with E-state index >= 15 is 0 Å². The molecule has 2 N–H and O–H groups in total. The van der Waals surface area contributed by atoms with Crippen molar-refractivity contribution in [1.29, 1.82) is 0 Å². The molecule has 1 aromatic rings. The molecule has 1 atom stereocenters. The second-order valence-corrected chi connectivity index (χ2v) is 5.97. The largest absolute Gasteiger partial charge is 0.396 e. The van der Waals surface area contributed by atoms with E-state index in [0.29, 0.717) is 4.90 Å². The Bertz CT molecular complexity index is 402. The van der Waals surface area contributed by atoms with Crippen molar-refractivity contribution < 1.29 is 8.60 Å². The van der Waals surface area contributed by atoms with Crippen molar-refractivity contribution in [2.24, 2.45) is 0 Å². The summed E-state index contributed by atoms with van der Waals surface area (Å²) in [7, 11) is -1.08. The number of hydrogen-bond donors (Lipinski definition) is 1. The van der Waals surface area contributed by atoms with E-state index < -0.39 is 16.6 Å². The predicted molar refractivity (Wildman–Crippen MR) is 64.1 cm³/mol. The summed E-state index contributed by atoms with van der Waals surface area (Å²) in [6, 6.07) is 4.47. The van der Waals surface area contributed by atoms with Crippen LogP contribution in [0.15, 0.2) is 23.1 Å². The smallest absolute Gasteiger partial charge is 0.147 e. The highest BCUT2D eigenvalue weighted by Gasteiger charge is 2.21. The van der Waals surface area contributed by atoms with E-state index in [4.69, 9.17) is 5.73 Å². The van der Waals surface area contributed by atoms with Gasteiger partial charge >= 0.3 is 0 Å². The number of hydrogen-bond acceptors (Lipinski definition) is 2. The molecule has 2 rings (SSSR count). The molecule has 0 aromatic heterocycles. The maximum Gasteiger partial charge on any atom is 0.147 e. The molecule has 0 radical (unpaired) electrons. The zero-order valence-electron chi connectivity index (χ0n) is 9.12. The fourth-order valence-corrected chi connectivity index (χ4v) is 3.67. The summed E-state index contributed by atoms with van der Waals surface area (Å²) in [6.45, 7) is 0. The van der Waals surface area contributed by atoms with Crippen LogP contribution >= 0.6 is 0 Å². The molecule has 1 aromatic carbocycles. The first-order chi connectivity index (χ1) is 7.68. The summed E-state index contributed by atoms with van der Waals surface area (Å²) >= 11 is 0. The average Bonchev–Trinajstić information content (AvgIpc) is 2.33. The normalized spacial score (nSPS) is 19.6. The molecule has 1 fully saturated rings. The summed E-state index contributed by atoms with van der Waals surface area (Å²) in [4.78, 5) is 0.568. The Morgan fingerprint density at radius 1 is 1.25 bits per heavy atom. The second-order valence-electron chi connectivity index (χ2n) is 4.24. The van der Waals surface area contributed by atoms with Gasteiger partial charge in [0, 0.05) is 10.1 Å². The molecular formula is C12H16FNOS. The molecule has 0 amide bonds. The van der Waals surface area contributed by atoms with E-state index in [1.807, 2.05) is 0 Å². The maximum absolute atomic E-state index is 13.2. The fraction of sp³-hybridized carbons (Fsp3) is 0.500. The number of nitrogens with two attached hydrogens (primary N) is 1. The zero-order chi connectivity index (χ0) is 11.5. The van der Waals surface area contributed by atoms with Crippen molar-refractivity contribution in [1.82, 2.24) is 0 Å². The van der Waals surface area contributed by atoms with Crippen LogP contribution in [-0.2, 0) is 10.8 Å². The highest BCUT2D eigenvalue weighted by atomic mass is 32.2. The monoisotopic (exact) mass is 241 g/mol.